The van der Waals surface area contributed by atoms with Crippen molar-refractivity contribution < 1.29 is 21.6 Å². The first kappa shape index (κ1) is 13.0. The zero-order valence-electron chi connectivity index (χ0n) is 6.72. The molecule has 0 aliphatic carbocycles. The van der Waals surface area contributed by atoms with Crippen molar-refractivity contribution in [3.05, 3.63) is 21.4 Å². The van der Waals surface area contributed by atoms with Gasteiger partial charge < -0.3 is 0 Å². The van der Waals surface area contributed by atoms with E-state index in [4.69, 9.17) is 10.7 Å². The van der Waals surface area contributed by atoms with Crippen LogP contribution in [0.2, 0.25) is 0 Å². The largest absolute Gasteiger partial charge is 0.420 e. The molecule has 1 aromatic rings. The van der Waals surface area contributed by atoms with E-state index in [1.807, 2.05) is 0 Å². The number of pyridine rings is 1. The van der Waals surface area contributed by atoms with E-state index in [2.05, 4.69) is 4.98 Å². The normalized spacial score (nSPS) is 12.9. The summed E-state index contributed by atoms with van der Waals surface area (Å²) in [5, 5.41) is -1.16. The lowest BCUT2D eigenvalue weighted by Crippen LogP contribution is -2.14. The Morgan fingerprint density at radius 2 is 1.93 bits per heavy atom. The molecule has 1 heterocycles. The summed E-state index contributed by atoms with van der Waals surface area (Å²) in [6.45, 7) is 0. The third kappa shape index (κ3) is 2.94. The summed E-state index contributed by atoms with van der Waals surface area (Å²) in [7, 11) is 0.345. The third-order valence-corrected chi connectivity index (χ3v) is 3.49. The van der Waals surface area contributed by atoms with Crippen molar-refractivity contribution in [2.24, 2.45) is 0 Å². The van der Waals surface area contributed by atoms with Crippen LogP contribution in [0.5, 0.6) is 0 Å². The summed E-state index contributed by atoms with van der Waals surface area (Å²) in [5.41, 5.74) is -1.33. The van der Waals surface area contributed by atoms with E-state index in [-0.39, 0.29) is 3.57 Å². The molecule has 0 amide bonds. The molecule has 3 nitrogen and oxygen atoms in total. The Morgan fingerprint density at radius 3 is 2.27 bits per heavy atom. The fourth-order valence-electron chi connectivity index (χ4n) is 0.862. The summed E-state index contributed by atoms with van der Waals surface area (Å²) in [6, 6.07) is 1.05. The molecular formula is C6H2ClF3INO2S. The van der Waals surface area contributed by atoms with Crippen molar-refractivity contribution in [2.75, 3.05) is 0 Å². The first-order chi connectivity index (χ1) is 6.64. The standard InChI is InChI=1S/C6H2ClF3INO2S/c7-15(13,14)5-4(6(8,9)10)3(11)1-2-12-5/h1-2H. The van der Waals surface area contributed by atoms with Crippen LogP contribution in [0.1, 0.15) is 5.56 Å². The lowest BCUT2D eigenvalue weighted by atomic mass is 10.3. The van der Waals surface area contributed by atoms with Gasteiger partial charge in [-0.15, -0.1) is 0 Å². The predicted octanol–water partition coefficient (Wildman–Crippen LogP) is 2.63. The summed E-state index contributed by atoms with van der Waals surface area (Å²) < 4.78 is 58.9. The zero-order chi connectivity index (χ0) is 11.9. The molecule has 0 radical (unpaired) electrons. The van der Waals surface area contributed by atoms with Crippen LogP contribution < -0.4 is 0 Å². The van der Waals surface area contributed by atoms with E-state index in [0.29, 0.717) is 0 Å². The molecule has 0 atom stereocenters. The Bertz CT molecular complexity index is 488. The van der Waals surface area contributed by atoms with Crippen molar-refractivity contribution in [1.82, 2.24) is 4.98 Å². The van der Waals surface area contributed by atoms with Crippen LogP contribution in [0.25, 0.3) is 0 Å². The van der Waals surface area contributed by atoms with Gasteiger partial charge in [-0.3, -0.25) is 0 Å². The van der Waals surface area contributed by atoms with E-state index in [1.165, 1.54) is 22.6 Å². The van der Waals surface area contributed by atoms with Gasteiger partial charge in [0.05, 0.1) is 0 Å². The van der Waals surface area contributed by atoms with Crippen LogP contribution in [-0.4, -0.2) is 13.4 Å². The van der Waals surface area contributed by atoms with E-state index in [0.717, 1.165) is 12.3 Å². The molecule has 0 aliphatic rings. The van der Waals surface area contributed by atoms with Crippen molar-refractivity contribution in [2.45, 2.75) is 11.2 Å². The number of halogens is 5. The Morgan fingerprint density at radius 1 is 1.40 bits per heavy atom. The summed E-state index contributed by atoms with van der Waals surface area (Å²) in [4.78, 5) is 3.13. The Labute approximate surface area is 101 Å². The first-order valence-electron chi connectivity index (χ1n) is 3.30. The lowest BCUT2D eigenvalue weighted by Gasteiger charge is -2.11. The van der Waals surface area contributed by atoms with Gasteiger partial charge in [-0.25, -0.2) is 13.4 Å². The number of aromatic nitrogens is 1. The van der Waals surface area contributed by atoms with Gasteiger partial charge in [-0.2, -0.15) is 13.2 Å². The molecule has 0 saturated carbocycles. The highest BCUT2D eigenvalue weighted by molar-refractivity contribution is 14.1. The maximum atomic E-state index is 12.5. The number of hydrogen-bond donors (Lipinski definition) is 0. The number of nitrogens with zero attached hydrogens (tertiary/aromatic N) is 1. The molecule has 0 aromatic carbocycles. The highest BCUT2D eigenvalue weighted by atomic mass is 127. The molecule has 0 saturated heterocycles. The SMILES string of the molecule is O=S(=O)(Cl)c1nccc(I)c1C(F)(F)F. The van der Waals surface area contributed by atoms with Crippen molar-refractivity contribution in [1.29, 1.82) is 0 Å². The van der Waals surface area contributed by atoms with E-state index in [1.54, 1.807) is 0 Å². The van der Waals surface area contributed by atoms with Gasteiger partial charge in [0.1, 0.15) is 5.56 Å². The Hall–Kier alpha value is -0.0900. The minimum atomic E-state index is -4.80. The zero-order valence-corrected chi connectivity index (χ0v) is 10.4. The molecule has 0 spiro atoms. The average molecular weight is 372 g/mol. The van der Waals surface area contributed by atoms with Crippen LogP contribution in [0, 0.1) is 3.57 Å². The van der Waals surface area contributed by atoms with Crippen LogP contribution in [0.15, 0.2) is 17.3 Å². The third-order valence-electron chi connectivity index (χ3n) is 1.38. The fourth-order valence-corrected chi connectivity index (χ4v) is 2.77. The number of rotatable bonds is 1. The summed E-state index contributed by atoms with van der Waals surface area (Å²) in [5.74, 6) is 0. The van der Waals surface area contributed by atoms with Gasteiger partial charge in [-0.05, 0) is 28.7 Å². The molecule has 15 heavy (non-hydrogen) atoms. The van der Waals surface area contributed by atoms with Gasteiger partial charge in [0.2, 0.25) is 0 Å². The van der Waals surface area contributed by atoms with Crippen LogP contribution in [-0.2, 0) is 15.2 Å². The molecule has 1 aromatic heterocycles. The quantitative estimate of drug-likeness (QED) is 0.563. The van der Waals surface area contributed by atoms with Crippen molar-refractivity contribution in [3.63, 3.8) is 0 Å². The summed E-state index contributed by atoms with van der Waals surface area (Å²) >= 11 is 1.37. The second-order valence-electron chi connectivity index (χ2n) is 2.41. The van der Waals surface area contributed by atoms with Gasteiger partial charge in [0.25, 0.3) is 9.05 Å². The molecule has 0 aliphatic heterocycles. The van der Waals surface area contributed by atoms with Gasteiger partial charge in [0, 0.05) is 20.4 Å². The molecule has 0 unspecified atom stereocenters. The molecular weight excluding hydrogens is 369 g/mol. The number of hydrogen-bond acceptors (Lipinski definition) is 3. The molecule has 0 fully saturated rings. The van der Waals surface area contributed by atoms with Crippen LogP contribution in [0.3, 0.4) is 0 Å². The Kier molecular flexibility index (Phi) is 3.51. The van der Waals surface area contributed by atoms with E-state index in [9.17, 15) is 21.6 Å². The second-order valence-corrected chi connectivity index (χ2v) is 6.05. The van der Waals surface area contributed by atoms with Crippen LogP contribution in [0.4, 0.5) is 13.2 Å². The highest BCUT2D eigenvalue weighted by Crippen LogP contribution is 2.37. The maximum Gasteiger partial charge on any atom is 0.420 e. The van der Waals surface area contributed by atoms with Crippen molar-refractivity contribution >= 4 is 42.3 Å². The first-order valence-corrected chi connectivity index (χ1v) is 6.69. The average Bonchev–Trinajstić information content (AvgIpc) is 1.99. The lowest BCUT2D eigenvalue weighted by molar-refractivity contribution is -0.141. The molecule has 9 heteroatoms. The number of alkyl halides is 3. The monoisotopic (exact) mass is 371 g/mol. The Balaban J connectivity index is 3.63. The fraction of sp³-hybridized carbons (Fsp3) is 0.167. The smallest absolute Gasteiger partial charge is 0.243 e. The highest BCUT2D eigenvalue weighted by Gasteiger charge is 2.39. The van der Waals surface area contributed by atoms with Gasteiger partial charge in [0.15, 0.2) is 5.03 Å². The molecule has 84 valence electrons. The maximum absolute atomic E-state index is 12.5. The second kappa shape index (κ2) is 4.06. The van der Waals surface area contributed by atoms with E-state index < -0.39 is 25.8 Å². The van der Waals surface area contributed by atoms with E-state index >= 15 is 0 Å². The topological polar surface area (TPSA) is 47.0 Å². The predicted molar refractivity (Wildman–Crippen MR) is 55.0 cm³/mol. The molecule has 0 bridgehead atoms. The minimum absolute atomic E-state index is 0.269. The van der Waals surface area contributed by atoms with Gasteiger partial charge >= 0.3 is 6.18 Å². The van der Waals surface area contributed by atoms with Gasteiger partial charge in [-0.1, -0.05) is 0 Å². The van der Waals surface area contributed by atoms with Crippen molar-refractivity contribution in [3.8, 4) is 0 Å². The molecule has 0 N–H and O–H groups in total. The van der Waals surface area contributed by atoms with Crippen LogP contribution >= 0.6 is 33.3 Å². The minimum Gasteiger partial charge on any atom is -0.243 e. The summed E-state index contributed by atoms with van der Waals surface area (Å²) in [6.07, 6.45) is -3.85. The molecule has 1 rings (SSSR count).